The van der Waals surface area contributed by atoms with E-state index in [0.717, 1.165) is 11.3 Å². The monoisotopic (exact) mass is 373 g/mol. The number of carbonyl (C=O) groups excluding carboxylic acids is 1. The van der Waals surface area contributed by atoms with E-state index in [-0.39, 0.29) is 17.3 Å². The lowest BCUT2D eigenvalue weighted by Crippen LogP contribution is -2.04. The molecular weight excluding hydrogens is 361 g/mol. The highest BCUT2D eigenvalue weighted by Crippen LogP contribution is 2.41. The maximum atomic E-state index is 13.2. The number of ether oxygens (including phenoxy) is 1. The van der Waals surface area contributed by atoms with Gasteiger partial charge in [0.05, 0.1) is 11.0 Å². The van der Waals surface area contributed by atoms with E-state index < -0.39 is 10.7 Å². The third kappa shape index (κ3) is 4.01. The van der Waals surface area contributed by atoms with Gasteiger partial charge >= 0.3 is 0 Å². The largest absolute Gasteiger partial charge is 0.444 e. The molecule has 0 spiro atoms. The predicted octanol–water partition coefficient (Wildman–Crippen LogP) is 4.61. The number of aromatic nitrogens is 1. The summed E-state index contributed by atoms with van der Waals surface area (Å²) in [6, 6.07) is 11.3. The number of nitrogens with zero attached hydrogens (tertiary/aromatic N) is 2. The van der Waals surface area contributed by atoms with E-state index >= 15 is 0 Å². The summed E-state index contributed by atoms with van der Waals surface area (Å²) in [4.78, 5) is 26.0. The molecule has 2 aromatic carbocycles. The molecule has 3 aromatic rings. The number of non-ortho nitro benzene ring substituents is 1. The van der Waals surface area contributed by atoms with Crippen molar-refractivity contribution in [2.24, 2.45) is 0 Å². The van der Waals surface area contributed by atoms with Gasteiger partial charge in [0, 0.05) is 18.6 Å². The van der Waals surface area contributed by atoms with Gasteiger partial charge in [-0.05, 0) is 30.3 Å². The van der Waals surface area contributed by atoms with E-state index in [1.54, 1.807) is 6.07 Å². The Balaban J connectivity index is 2.00. The summed E-state index contributed by atoms with van der Waals surface area (Å²) in [5.74, 6) is -0.445. The first-order valence-electron chi connectivity index (χ1n) is 7.39. The highest BCUT2D eigenvalue weighted by atomic mass is 32.1. The minimum absolute atomic E-state index is 0.113. The summed E-state index contributed by atoms with van der Waals surface area (Å²) in [5.41, 5.74) is 0.863. The van der Waals surface area contributed by atoms with Gasteiger partial charge in [-0.2, -0.15) is 0 Å². The van der Waals surface area contributed by atoms with Crippen LogP contribution in [0.5, 0.6) is 10.8 Å². The first-order chi connectivity index (χ1) is 12.4. The molecule has 132 valence electrons. The Morgan fingerprint density at radius 3 is 2.65 bits per heavy atom. The number of halogens is 1. The van der Waals surface area contributed by atoms with Crippen molar-refractivity contribution >= 4 is 28.1 Å². The first-order valence-corrected chi connectivity index (χ1v) is 8.20. The van der Waals surface area contributed by atoms with E-state index in [9.17, 15) is 19.3 Å². The third-order valence-electron chi connectivity index (χ3n) is 3.24. The molecule has 1 amide bonds. The average molecular weight is 373 g/mol. The van der Waals surface area contributed by atoms with Crippen LogP contribution < -0.4 is 10.1 Å². The van der Waals surface area contributed by atoms with Crippen molar-refractivity contribution in [3.63, 3.8) is 0 Å². The smallest absolute Gasteiger partial charge is 0.273 e. The summed E-state index contributed by atoms with van der Waals surface area (Å²) in [7, 11) is 0. The fourth-order valence-corrected chi connectivity index (χ4v) is 3.04. The van der Waals surface area contributed by atoms with Crippen LogP contribution in [0.2, 0.25) is 0 Å². The number of rotatable bonds is 5. The molecule has 0 unspecified atom stereocenters. The van der Waals surface area contributed by atoms with Gasteiger partial charge in [-0.1, -0.05) is 17.4 Å². The summed E-state index contributed by atoms with van der Waals surface area (Å²) < 4.78 is 18.9. The zero-order valence-corrected chi connectivity index (χ0v) is 14.2. The molecule has 0 atom stereocenters. The Morgan fingerprint density at radius 1 is 1.27 bits per heavy atom. The molecule has 0 aliphatic rings. The topological polar surface area (TPSA) is 94.4 Å². The van der Waals surface area contributed by atoms with Crippen molar-refractivity contribution in [1.29, 1.82) is 0 Å². The third-order valence-corrected chi connectivity index (χ3v) is 4.08. The molecule has 0 saturated heterocycles. The second-order valence-electron chi connectivity index (χ2n) is 5.20. The molecule has 0 radical (unpaired) electrons. The Labute approximate surface area is 151 Å². The lowest BCUT2D eigenvalue weighted by molar-refractivity contribution is -0.384. The van der Waals surface area contributed by atoms with Gasteiger partial charge in [0.25, 0.3) is 5.69 Å². The molecule has 7 nitrogen and oxygen atoms in total. The number of carbonyl (C=O) groups is 1. The van der Waals surface area contributed by atoms with E-state index in [4.69, 9.17) is 4.74 Å². The van der Waals surface area contributed by atoms with E-state index in [1.165, 1.54) is 49.4 Å². The molecule has 0 bridgehead atoms. The summed E-state index contributed by atoms with van der Waals surface area (Å²) in [6.45, 7) is 1.35. The maximum Gasteiger partial charge on any atom is 0.273 e. The van der Waals surface area contributed by atoms with Crippen LogP contribution in [0.3, 0.4) is 0 Å². The SMILES string of the molecule is CC(=O)Nc1nc(-c2ccc(F)cc2)c(Oc2cccc([N+](=O)[O-])c2)s1. The highest BCUT2D eigenvalue weighted by molar-refractivity contribution is 7.18. The predicted molar refractivity (Wildman–Crippen MR) is 95.0 cm³/mol. The molecule has 0 aliphatic carbocycles. The Kier molecular flexibility index (Phi) is 4.90. The van der Waals surface area contributed by atoms with Crippen LogP contribution >= 0.6 is 11.3 Å². The van der Waals surface area contributed by atoms with E-state index in [0.29, 0.717) is 21.5 Å². The Bertz CT molecular complexity index is 972. The minimum atomic E-state index is -0.525. The van der Waals surface area contributed by atoms with Crippen LogP contribution in [0.25, 0.3) is 11.3 Å². The number of nitro groups is 1. The molecule has 0 saturated carbocycles. The molecule has 0 fully saturated rings. The van der Waals surface area contributed by atoms with Crippen molar-refractivity contribution in [3.05, 3.63) is 64.5 Å². The van der Waals surface area contributed by atoms with Crippen LogP contribution in [0.15, 0.2) is 48.5 Å². The summed E-state index contributed by atoms with van der Waals surface area (Å²) in [6.07, 6.45) is 0. The van der Waals surface area contributed by atoms with Gasteiger partial charge in [-0.25, -0.2) is 9.37 Å². The molecule has 1 heterocycles. The number of amides is 1. The van der Waals surface area contributed by atoms with Crippen LogP contribution in [0.1, 0.15) is 6.92 Å². The van der Waals surface area contributed by atoms with Crippen LogP contribution in [-0.4, -0.2) is 15.8 Å². The second kappa shape index (κ2) is 7.28. The number of benzene rings is 2. The number of hydrogen-bond donors (Lipinski definition) is 1. The fraction of sp³-hybridized carbons (Fsp3) is 0.0588. The quantitative estimate of drug-likeness (QED) is 0.521. The zero-order valence-electron chi connectivity index (χ0n) is 13.4. The zero-order chi connectivity index (χ0) is 18.7. The maximum absolute atomic E-state index is 13.2. The van der Waals surface area contributed by atoms with Crippen LogP contribution in [-0.2, 0) is 4.79 Å². The van der Waals surface area contributed by atoms with Crippen LogP contribution in [0.4, 0.5) is 15.2 Å². The molecular formula is C17H12FN3O4S. The van der Waals surface area contributed by atoms with E-state index in [2.05, 4.69) is 10.3 Å². The number of hydrogen-bond acceptors (Lipinski definition) is 6. The lowest BCUT2D eigenvalue weighted by Gasteiger charge is -2.05. The summed E-state index contributed by atoms with van der Waals surface area (Å²) in [5, 5.41) is 14.1. The Hall–Kier alpha value is -3.33. The number of nitro benzene ring substituents is 1. The van der Waals surface area contributed by atoms with Crippen molar-refractivity contribution in [1.82, 2.24) is 4.98 Å². The average Bonchev–Trinajstić information content (AvgIpc) is 2.97. The molecule has 0 aliphatic heterocycles. The summed E-state index contributed by atoms with van der Waals surface area (Å²) >= 11 is 1.07. The normalized spacial score (nSPS) is 10.4. The van der Waals surface area contributed by atoms with Gasteiger partial charge in [-0.3, -0.25) is 14.9 Å². The van der Waals surface area contributed by atoms with Crippen molar-refractivity contribution in [2.75, 3.05) is 5.32 Å². The van der Waals surface area contributed by atoms with Gasteiger partial charge < -0.3 is 10.1 Å². The van der Waals surface area contributed by atoms with Gasteiger partial charge in [0.2, 0.25) is 11.0 Å². The number of thiazole rings is 1. The minimum Gasteiger partial charge on any atom is -0.444 e. The van der Waals surface area contributed by atoms with Crippen molar-refractivity contribution in [3.8, 4) is 22.1 Å². The standard InChI is InChI=1S/C17H12FN3O4S/c1-10(22)19-17-20-15(11-5-7-12(18)8-6-11)16(26-17)25-14-4-2-3-13(9-14)21(23)24/h2-9H,1H3,(H,19,20,22). The molecule has 1 N–H and O–H groups in total. The molecule has 9 heteroatoms. The molecule has 1 aromatic heterocycles. The van der Waals surface area contributed by atoms with Gasteiger partial charge in [-0.15, -0.1) is 0 Å². The number of nitrogens with one attached hydrogen (secondary N) is 1. The first kappa shape index (κ1) is 17.5. The van der Waals surface area contributed by atoms with Gasteiger partial charge in [0.15, 0.2) is 5.13 Å². The number of anilines is 1. The van der Waals surface area contributed by atoms with Crippen molar-refractivity contribution in [2.45, 2.75) is 6.92 Å². The molecule has 26 heavy (non-hydrogen) atoms. The van der Waals surface area contributed by atoms with Crippen molar-refractivity contribution < 1.29 is 18.8 Å². The van der Waals surface area contributed by atoms with E-state index in [1.807, 2.05) is 0 Å². The van der Waals surface area contributed by atoms with Gasteiger partial charge in [0.1, 0.15) is 17.3 Å². The van der Waals surface area contributed by atoms with Crippen LogP contribution in [0, 0.1) is 15.9 Å². The Morgan fingerprint density at radius 2 is 2.00 bits per heavy atom. The fourth-order valence-electron chi connectivity index (χ4n) is 2.14. The molecule has 3 rings (SSSR count). The second-order valence-corrected chi connectivity index (χ2v) is 6.16. The highest BCUT2D eigenvalue weighted by Gasteiger charge is 2.17. The lowest BCUT2D eigenvalue weighted by atomic mass is 10.2.